The number of pyridine rings is 1. The zero-order valence-electron chi connectivity index (χ0n) is 10.0. The Bertz CT molecular complexity index is 555. The molecule has 0 aliphatic carbocycles. The smallest absolute Gasteiger partial charge is 0.0439 e. The van der Waals surface area contributed by atoms with Gasteiger partial charge in [0.25, 0.3) is 0 Å². The number of aromatic nitrogens is 1. The Morgan fingerprint density at radius 3 is 2.72 bits per heavy atom. The summed E-state index contributed by atoms with van der Waals surface area (Å²) < 4.78 is 0. The maximum Gasteiger partial charge on any atom is 0.0439 e. The topological polar surface area (TPSA) is 38.9 Å². The zero-order valence-corrected chi connectivity index (χ0v) is 11.5. The molecule has 1 heterocycles. The van der Waals surface area contributed by atoms with Gasteiger partial charge in [0.1, 0.15) is 0 Å². The van der Waals surface area contributed by atoms with Crippen LogP contribution in [0.4, 0.5) is 0 Å². The van der Waals surface area contributed by atoms with Crippen LogP contribution in [0.5, 0.6) is 0 Å². The summed E-state index contributed by atoms with van der Waals surface area (Å²) in [6.45, 7) is 1.95. The van der Waals surface area contributed by atoms with Crippen LogP contribution < -0.4 is 5.73 Å². The van der Waals surface area contributed by atoms with E-state index in [9.17, 15) is 0 Å². The van der Waals surface area contributed by atoms with E-state index >= 15 is 0 Å². The van der Waals surface area contributed by atoms with E-state index in [1.165, 1.54) is 0 Å². The largest absolute Gasteiger partial charge is 0.324 e. The number of nitrogens with zero attached hydrogens (tertiary/aromatic N) is 1. The molecule has 0 aliphatic rings. The Morgan fingerprint density at radius 1 is 1.22 bits per heavy atom. The molecule has 18 heavy (non-hydrogen) atoms. The Kier molecular flexibility index (Phi) is 4.23. The van der Waals surface area contributed by atoms with Gasteiger partial charge in [0, 0.05) is 28.0 Å². The van der Waals surface area contributed by atoms with Crippen molar-refractivity contribution in [3.05, 3.63) is 63.4 Å². The van der Waals surface area contributed by atoms with Gasteiger partial charge in [0.2, 0.25) is 0 Å². The van der Waals surface area contributed by atoms with Crippen LogP contribution in [0.1, 0.15) is 22.9 Å². The lowest BCUT2D eigenvalue weighted by molar-refractivity contribution is 0.719. The number of aryl methyl sites for hydroxylation is 1. The normalized spacial score (nSPS) is 12.4. The van der Waals surface area contributed by atoms with Crippen molar-refractivity contribution in [1.29, 1.82) is 0 Å². The fourth-order valence-corrected chi connectivity index (χ4v) is 2.24. The first kappa shape index (κ1) is 13.3. The van der Waals surface area contributed by atoms with Crippen molar-refractivity contribution >= 4 is 23.2 Å². The molecule has 4 heteroatoms. The van der Waals surface area contributed by atoms with Crippen LogP contribution >= 0.6 is 23.2 Å². The van der Waals surface area contributed by atoms with E-state index in [1.54, 1.807) is 18.3 Å². The summed E-state index contributed by atoms with van der Waals surface area (Å²) in [6, 6.07) is 9.23. The molecule has 2 N–H and O–H groups in total. The minimum Gasteiger partial charge on any atom is -0.324 e. The second-order valence-corrected chi connectivity index (χ2v) is 5.12. The van der Waals surface area contributed by atoms with E-state index in [0.29, 0.717) is 16.5 Å². The van der Waals surface area contributed by atoms with Crippen molar-refractivity contribution in [2.45, 2.75) is 19.4 Å². The molecule has 1 aromatic carbocycles. The van der Waals surface area contributed by atoms with E-state index in [-0.39, 0.29) is 6.04 Å². The fraction of sp³-hybridized carbons (Fsp3) is 0.214. The highest BCUT2D eigenvalue weighted by molar-refractivity contribution is 6.33. The van der Waals surface area contributed by atoms with Gasteiger partial charge in [-0.2, -0.15) is 0 Å². The summed E-state index contributed by atoms with van der Waals surface area (Å²) >= 11 is 12.1. The number of rotatable bonds is 3. The molecule has 1 aromatic heterocycles. The van der Waals surface area contributed by atoms with Crippen molar-refractivity contribution in [3.63, 3.8) is 0 Å². The van der Waals surface area contributed by atoms with Crippen LogP contribution in [0, 0.1) is 6.92 Å². The number of hydrogen-bond acceptors (Lipinski definition) is 2. The minimum absolute atomic E-state index is 0.109. The van der Waals surface area contributed by atoms with Gasteiger partial charge in [-0.05, 0) is 54.8 Å². The van der Waals surface area contributed by atoms with E-state index in [0.717, 1.165) is 16.8 Å². The molecule has 0 fully saturated rings. The predicted molar refractivity (Wildman–Crippen MR) is 76.1 cm³/mol. The van der Waals surface area contributed by atoms with Gasteiger partial charge in [-0.25, -0.2) is 0 Å². The third-order valence-corrected chi connectivity index (χ3v) is 3.40. The highest BCUT2D eigenvalue weighted by Gasteiger charge is 2.10. The van der Waals surface area contributed by atoms with Crippen LogP contribution in [0.2, 0.25) is 10.0 Å². The third-order valence-electron chi connectivity index (χ3n) is 2.80. The lowest BCUT2D eigenvalue weighted by Crippen LogP contribution is -2.14. The molecule has 0 amide bonds. The molecule has 0 radical (unpaired) electrons. The first-order valence-electron chi connectivity index (χ1n) is 5.68. The van der Waals surface area contributed by atoms with Gasteiger partial charge in [0.05, 0.1) is 0 Å². The minimum atomic E-state index is -0.109. The first-order chi connectivity index (χ1) is 8.56. The Labute approximate surface area is 117 Å². The van der Waals surface area contributed by atoms with Crippen LogP contribution in [0.15, 0.2) is 36.5 Å². The van der Waals surface area contributed by atoms with Gasteiger partial charge in [-0.1, -0.05) is 23.2 Å². The molecule has 94 valence electrons. The summed E-state index contributed by atoms with van der Waals surface area (Å²) in [5.41, 5.74) is 9.16. The zero-order chi connectivity index (χ0) is 13.1. The van der Waals surface area contributed by atoms with E-state index in [1.807, 2.05) is 25.1 Å². The molecule has 1 atom stereocenters. The number of hydrogen-bond donors (Lipinski definition) is 1. The molecular weight excluding hydrogens is 267 g/mol. The highest BCUT2D eigenvalue weighted by atomic mass is 35.5. The second kappa shape index (κ2) is 5.70. The summed E-state index contributed by atoms with van der Waals surface area (Å²) in [7, 11) is 0. The molecule has 2 rings (SSSR count). The maximum absolute atomic E-state index is 6.19. The van der Waals surface area contributed by atoms with Crippen LogP contribution in [-0.4, -0.2) is 4.98 Å². The van der Waals surface area contributed by atoms with E-state index < -0.39 is 0 Å². The number of benzene rings is 1. The van der Waals surface area contributed by atoms with Gasteiger partial charge >= 0.3 is 0 Å². The van der Waals surface area contributed by atoms with E-state index in [4.69, 9.17) is 28.9 Å². The van der Waals surface area contributed by atoms with Gasteiger partial charge in [-0.15, -0.1) is 0 Å². The second-order valence-electron chi connectivity index (χ2n) is 4.28. The quantitative estimate of drug-likeness (QED) is 0.925. The fourth-order valence-electron chi connectivity index (χ4n) is 1.85. The molecule has 0 aliphatic heterocycles. The molecule has 0 saturated heterocycles. The first-order valence-corrected chi connectivity index (χ1v) is 6.44. The maximum atomic E-state index is 6.19. The molecule has 2 nitrogen and oxygen atoms in total. The lowest BCUT2D eigenvalue weighted by Gasteiger charge is -2.13. The summed E-state index contributed by atoms with van der Waals surface area (Å²) in [5.74, 6) is 0. The Hall–Kier alpha value is -1.09. The summed E-state index contributed by atoms with van der Waals surface area (Å²) in [4.78, 5) is 4.16. The van der Waals surface area contributed by atoms with Gasteiger partial charge in [0.15, 0.2) is 0 Å². The van der Waals surface area contributed by atoms with Crippen molar-refractivity contribution in [2.24, 2.45) is 5.73 Å². The molecule has 0 spiro atoms. The molecule has 1 unspecified atom stereocenters. The van der Waals surface area contributed by atoms with Crippen molar-refractivity contribution in [1.82, 2.24) is 4.98 Å². The van der Waals surface area contributed by atoms with Crippen molar-refractivity contribution in [3.8, 4) is 0 Å². The van der Waals surface area contributed by atoms with Crippen molar-refractivity contribution < 1.29 is 0 Å². The number of halogens is 2. The Balaban J connectivity index is 2.21. The molecule has 0 saturated carbocycles. The lowest BCUT2D eigenvalue weighted by atomic mass is 10.00. The number of nitrogens with two attached hydrogens (primary N) is 1. The average molecular weight is 281 g/mol. The highest BCUT2D eigenvalue weighted by Crippen LogP contribution is 2.25. The molecule has 2 aromatic rings. The SMILES string of the molecule is Cc1cc(C(N)Cc2cc(Cl)ccc2Cl)ccn1. The van der Waals surface area contributed by atoms with Crippen LogP contribution in [-0.2, 0) is 6.42 Å². The van der Waals surface area contributed by atoms with Crippen LogP contribution in [0.25, 0.3) is 0 Å². The molecular formula is C14H14Cl2N2. The van der Waals surface area contributed by atoms with E-state index in [2.05, 4.69) is 4.98 Å². The predicted octanol–water partition coefficient (Wildman–Crippen LogP) is 3.94. The summed E-state index contributed by atoms with van der Waals surface area (Å²) in [6.07, 6.45) is 2.42. The average Bonchev–Trinajstić information content (AvgIpc) is 2.34. The molecule has 0 bridgehead atoms. The van der Waals surface area contributed by atoms with Crippen LogP contribution in [0.3, 0.4) is 0 Å². The standard InChI is InChI=1S/C14H14Cl2N2/c1-9-6-10(4-5-18-9)14(17)8-11-7-12(15)2-3-13(11)16/h2-7,14H,8,17H2,1H3. The third kappa shape index (κ3) is 3.22. The van der Waals surface area contributed by atoms with Crippen molar-refractivity contribution in [2.75, 3.05) is 0 Å². The Morgan fingerprint density at radius 2 is 2.00 bits per heavy atom. The van der Waals surface area contributed by atoms with Gasteiger partial charge in [-0.3, -0.25) is 4.98 Å². The summed E-state index contributed by atoms with van der Waals surface area (Å²) in [5, 5.41) is 1.37. The van der Waals surface area contributed by atoms with Gasteiger partial charge < -0.3 is 5.73 Å². The monoisotopic (exact) mass is 280 g/mol.